The smallest absolute Gasteiger partial charge is 0.394 e. The van der Waals surface area contributed by atoms with Crippen LogP contribution < -0.4 is 27.4 Å². The van der Waals surface area contributed by atoms with Crippen molar-refractivity contribution in [1.82, 2.24) is 16.0 Å². The van der Waals surface area contributed by atoms with Gasteiger partial charge in [-0.05, 0) is 38.2 Å². The number of aliphatic hydroxyl groups excluding tert-OH is 1. The largest absolute Gasteiger partial charge is 0.410 e. The van der Waals surface area contributed by atoms with Crippen LogP contribution in [0.1, 0.15) is 65.9 Å². The van der Waals surface area contributed by atoms with Crippen LogP contribution in [0.25, 0.3) is 0 Å². The average molecular weight is 609 g/mol. The Morgan fingerprint density at radius 3 is 2.00 bits per heavy atom. The van der Waals surface area contributed by atoms with E-state index in [0.29, 0.717) is 24.7 Å². The Balaban J connectivity index is 2.12. The molecular weight excluding hydrogens is 565 g/mol. The molecule has 0 aromatic heterocycles. The van der Waals surface area contributed by atoms with Crippen LogP contribution in [0.3, 0.4) is 0 Å². The van der Waals surface area contributed by atoms with Crippen molar-refractivity contribution in [2.75, 3.05) is 6.61 Å². The van der Waals surface area contributed by atoms with Crippen LogP contribution in [0, 0.1) is 5.92 Å². The number of amides is 3. The molecule has 13 nitrogen and oxygen atoms in total. The summed E-state index contributed by atoms with van der Waals surface area (Å²) in [5.74, 6) is -3.86. The predicted molar refractivity (Wildman–Crippen MR) is 155 cm³/mol. The molecule has 2 unspecified atom stereocenters. The molecule has 6 atom stereocenters. The van der Waals surface area contributed by atoms with E-state index in [2.05, 4.69) is 16.0 Å². The monoisotopic (exact) mass is 608 g/mol. The molecule has 1 aliphatic carbocycles. The van der Waals surface area contributed by atoms with E-state index >= 15 is 0 Å². The number of carbonyl (C=O) groups is 5. The van der Waals surface area contributed by atoms with Crippen LogP contribution in [0.4, 0.5) is 0 Å². The van der Waals surface area contributed by atoms with E-state index in [1.807, 2.05) is 0 Å². The number of rotatable bonds is 14. The van der Waals surface area contributed by atoms with Crippen molar-refractivity contribution in [2.45, 2.75) is 94.1 Å². The second-order valence-corrected chi connectivity index (χ2v) is 13.8. The van der Waals surface area contributed by atoms with Crippen molar-refractivity contribution in [3.63, 3.8) is 0 Å². The lowest BCUT2D eigenvalue weighted by atomic mass is 9.78. The zero-order valence-corrected chi connectivity index (χ0v) is 25.6. The zero-order valence-electron chi connectivity index (χ0n) is 24.7. The standard InChI is InChI=1S/C28H42N5O8P/c1-17(2)27(29,15-34)23(38)26(13-9-10-14-26)42(41)25(5,40)33-22(37)19(4)31-21(36)18(3)32-24(39)28(30,16-35)20-11-7-6-8-12-20/h6-8,11-12,15,17-19,35,40H,9-10,13-14,16,29-30H2,1-5H3,(H2-,31,32,33,36,37,39)/p+1/t18-,19-,25?,27+,28+/m0/s1. The third-order valence-electron chi connectivity index (χ3n) is 7.98. The summed E-state index contributed by atoms with van der Waals surface area (Å²) in [6.45, 7) is 6.19. The van der Waals surface area contributed by atoms with Crippen molar-refractivity contribution >= 4 is 37.6 Å². The Labute approximate surface area is 246 Å². The molecule has 1 aliphatic rings. The van der Waals surface area contributed by atoms with Crippen LogP contribution in [0.2, 0.25) is 0 Å². The molecule has 42 heavy (non-hydrogen) atoms. The highest BCUT2D eigenvalue weighted by Gasteiger charge is 2.68. The van der Waals surface area contributed by atoms with E-state index in [1.165, 1.54) is 13.8 Å². The van der Waals surface area contributed by atoms with E-state index in [-0.39, 0.29) is 12.8 Å². The summed E-state index contributed by atoms with van der Waals surface area (Å²) in [4.78, 5) is 64.0. The first-order valence-electron chi connectivity index (χ1n) is 13.8. The topological polar surface area (TPSA) is 231 Å². The maximum atomic E-state index is 13.8. The van der Waals surface area contributed by atoms with Gasteiger partial charge in [-0.1, -0.05) is 48.7 Å². The number of carbonyl (C=O) groups excluding carboxylic acids is 5. The number of hydrogen-bond acceptors (Lipinski definition) is 10. The van der Waals surface area contributed by atoms with Crippen LogP contribution in [-0.2, 0) is 34.1 Å². The van der Waals surface area contributed by atoms with Crippen molar-refractivity contribution in [2.24, 2.45) is 17.4 Å². The highest BCUT2D eigenvalue weighted by molar-refractivity contribution is 7.49. The highest BCUT2D eigenvalue weighted by Crippen LogP contribution is 2.57. The van der Waals surface area contributed by atoms with E-state index < -0.39 is 77.6 Å². The van der Waals surface area contributed by atoms with Gasteiger partial charge in [-0.2, -0.15) is 0 Å². The molecule has 0 bridgehead atoms. The summed E-state index contributed by atoms with van der Waals surface area (Å²) in [5.41, 5.74) is 6.48. The quantitative estimate of drug-likeness (QED) is 0.0641. The summed E-state index contributed by atoms with van der Waals surface area (Å²) in [6, 6.07) is 5.66. The van der Waals surface area contributed by atoms with E-state index in [1.54, 1.807) is 44.2 Å². The Morgan fingerprint density at radius 2 is 1.52 bits per heavy atom. The number of hydrogen-bond donors (Lipinski definition) is 7. The van der Waals surface area contributed by atoms with Crippen molar-refractivity contribution < 1.29 is 38.8 Å². The molecule has 0 spiro atoms. The molecule has 0 heterocycles. The molecule has 9 N–H and O–H groups in total. The Bertz CT molecular complexity index is 1200. The third kappa shape index (κ3) is 6.92. The van der Waals surface area contributed by atoms with Gasteiger partial charge in [0.25, 0.3) is 0 Å². The molecule has 1 aromatic carbocycles. The van der Waals surface area contributed by atoms with Crippen molar-refractivity contribution in [1.29, 1.82) is 0 Å². The van der Waals surface area contributed by atoms with Gasteiger partial charge in [0, 0.05) is 19.8 Å². The minimum absolute atomic E-state index is 0.121. The number of nitrogens with two attached hydrogens (primary N) is 2. The first kappa shape index (κ1) is 35.1. The molecule has 2 rings (SSSR count). The minimum atomic E-state index is -2.90. The summed E-state index contributed by atoms with van der Waals surface area (Å²) in [7, 11) is -2.90. The zero-order chi connectivity index (χ0) is 32.1. The van der Waals surface area contributed by atoms with Gasteiger partial charge in [0.05, 0.1) is 6.61 Å². The predicted octanol–water partition coefficient (Wildman–Crippen LogP) is -0.114. The summed E-state index contributed by atoms with van der Waals surface area (Å²) >= 11 is 0. The van der Waals surface area contributed by atoms with Crippen molar-refractivity contribution in [3.8, 4) is 0 Å². The maximum Gasteiger partial charge on any atom is 0.410 e. The second kappa shape index (κ2) is 13.5. The average Bonchev–Trinajstić information content (AvgIpc) is 3.46. The van der Waals surface area contributed by atoms with Crippen LogP contribution in [0.5, 0.6) is 0 Å². The molecule has 0 saturated heterocycles. The van der Waals surface area contributed by atoms with Crippen LogP contribution in [-0.4, -0.2) is 74.9 Å². The van der Waals surface area contributed by atoms with Crippen LogP contribution in [0.15, 0.2) is 30.3 Å². The van der Waals surface area contributed by atoms with Gasteiger partial charge in [0.1, 0.15) is 29.4 Å². The SMILES string of the molecule is CC(C)[C@](N)(C=O)C(=O)C1([P+](=O)C(C)(O)NC(=O)[C@H](C)NC(=O)[C@H](C)NC(=O)[C@@](N)(CO)c2ccccc2)CCCC1. The molecule has 1 fully saturated rings. The van der Waals surface area contributed by atoms with Gasteiger partial charge < -0.3 is 37.1 Å². The first-order chi connectivity index (χ1) is 19.4. The number of aldehydes is 1. The maximum absolute atomic E-state index is 13.8. The molecule has 1 aromatic rings. The number of benzene rings is 1. The molecule has 0 aliphatic heterocycles. The Hall–Kier alpha value is -3.09. The lowest BCUT2D eigenvalue weighted by molar-refractivity contribution is -0.135. The van der Waals surface area contributed by atoms with E-state index in [0.717, 1.165) is 6.92 Å². The Morgan fingerprint density at radius 1 is 1.00 bits per heavy atom. The van der Waals surface area contributed by atoms with Gasteiger partial charge in [-0.15, -0.1) is 0 Å². The molecule has 3 amide bonds. The van der Waals surface area contributed by atoms with Gasteiger partial charge in [0.2, 0.25) is 28.7 Å². The van der Waals surface area contributed by atoms with Gasteiger partial charge in [-0.3, -0.25) is 24.5 Å². The first-order valence-corrected chi connectivity index (χ1v) is 15.1. The minimum Gasteiger partial charge on any atom is -0.394 e. The number of aliphatic hydroxyl groups is 2. The molecular formula is C28H43N5O8P+. The number of Topliss-reactive ketones (excluding diaryl/α,β-unsaturated/α-hetero) is 1. The number of ketones is 1. The van der Waals surface area contributed by atoms with E-state index in [4.69, 9.17) is 11.5 Å². The van der Waals surface area contributed by atoms with E-state index in [9.17, 15) is 38.8 Å². The fraction of sp³-hybridized carbons (Fsp3) is 0.607. The van der Waals surface area contributed by atoms with Gasteiger partial charge >= 0.3 is 13.3 Å². The summed E-state index contributed by atoms with van der Waals surface area (Å²) in [6.07, 6.45) is 1.61. The summed E-state index contributed by atoms with van der Waals surface area (Å²) in [5, 5.41) is 26.4. The molecule has 1 saturated carbocycles. The lowest BCUT2D eigenvalue weighted by Gasteiger charge is -2.33. The molecule has 232 valence electrons. The lowest BCUT2D eigenvalue weighted by Crippen LogP contribution is -2.62. The highest BCUT2D eigenvalue weighted by atomic mass is 31.1. The summed E-state index contributed by atoms with van der Waals surface area (Å²) < 4.78 is 13.8. The van der Waals surface area contributed by atoms with Crippen LogP contribution >= 0.6 is 7.80 Å². The number of nitrogens with one attached hydrogen (secondary N) is 3. The second-order valence-electron chi connectivity index (χ2n) is 11.5. The Kier molecular flexibility index (Phi) is 11.3. The third-order valence-corrected chi connectivity index (χ3v) is 10.3. The van der Waals surface area contributed by atoms with Crippen molar-refractivity contribution in [3.05, 3.63) is 35.9 Å². The fourth-order valence-electron chi connectivity index (χ4n) is 4.97. The molecule has 14 heteroatoms. The molecule has 0 radical (unpaired) electrons. The van der Waals surface area contributed by atoms with Gasteiger partial charge in [0.15, 0.2) is 0 Å². The van der Waals surface area contributed by atoms with Gasteiger partial charge in [-0.25, -0.2) is 0 Å². The fourth-order valence-corrected chi connectivity index (χ4v) is 7.12. The normalized spacial score (nSPS) is 20.6.